The highest BCUT2D eigenvalue weighted by atomic mass is 16.5. The van der Waals surface area contributed by atoms with Gasteiger partial charge in [-0.3, -0.25) is 4.79 Å². The monoisotopic (exact) mass is 320 g/mol. The number of hydrogen-bond donors (Lipinski definition) is 2. The van der Waals surface area contributed by atoms with E-state index in [0.29, 0.717) is 30.9 Å². The third-order valence-corrected chi connectivity index (χ3v) is 3.10. The number of rotatable bonds is 9. The Morgan fingerprint density at radius 1 is 1.35 bits per heavy atom. The number of likely N-dealkylation sites (N-methyl/N-ethyl adjacent to an activating group) is 1. The minimum atomic E-state index is -0.578. The lowest BCUT2D eigenvalue weighted by Crippen LogP contribution is -2.35. The summed E-state index contributed by atoms with van der Waals surface area (Å²) in [5.74, 6) is -0.838. The van der Waals surface area contributed by atoms with Gasteiger partial charge in [0.1, 0.15) is 0 Å². The summed E-state index contributed by atoms with van der Waals surface area (Å²) < 4.78 is 5.11. The van der Waals surface area contributed by atoms with E-state index in [-0.39, 0.29) is 19.1 Å². The highest BCUT2D eigenvalue weighted by Crippen LogP contribution is 2.16. The number of aliphatic hydroxyl groups excluding tert-OH is 1. The van der Waals surface area contributed by atoms with Gasteiger partial charge in [-0.05, 0) is 26.0 Å². The molecule has 0 saturated heterocycles. The summed E-state index contributed by atoms with van der Waals surface area (Å²) >= 11 is 0. The Hall–Kier alpha value is -2.34. The van der Waals surface area contributed by atoms with Crippen LogP contribution < -0.4 is 5.32 Å². The number of carbonyl (C=O) groups is 2. The molecule has 6 nitrogen and oxygen atoms in total. The molecule has 0 spiro atoms. The van der Waals surface area contributed by atoms with Gasteiger partial charge in [-0.1, -0.05) is 24.3 Å². The van der Waals surface area contributed by atoms with E-state index in [1.807, 2.05) is 13.8 Å². The summed E-state index contributed by atoms with van der Waals surface area (Å²) in [6.45, 7) is 8.41. The van der Waals surface area contributed by atoms with Gasteiger partial charge in [0.2, 0.25) is 0 Å². The lowest BCUT2D eigenvalue weighted by molar-refractivity contribution is -0.133. The molecule has 0 aliphatic carbocycles. The summed E-state index contributed by atoms with van der Waals surface area (Å²) in [6.07, 6.45) is 0. The number of aliphatic hydroxyl groups is 1. The molecule has 0 aromatic heterocycles. The van der Waals surface area contributed by atoms with Crippen LogP contribution in [0.2, 0.25) is 0 Å². The van der Waals surface area contributed by atoms with Crippen molar-refractivity contribution in [2.45, 2.75) is 13.8 Å². The number of amides is 1. The number of ether oxygens (including phenoxy) is 1. The molecule has 23 heavy (non-hydrogen) atoms. The van der Waals surface area contributed by atoms with Gasteiger partial charge in [-0.25, -0.2) is 4.79 Å². The number of nitrogens with zero attached hydrogens (tertiary/aromatic N) is 1. The average Bonchev–Trinajstić information content (AvgIpc) is 2.55. The van der Waals surface area contributed by atoms with E-state index in [1.54, 1.807) is 29.2 Å². The summed E-state index contributed by atoms with van der Waals surface area (Å²) in [5, 5.41) is 11.8. The van der Waals surface area contributed by atoms with Gasteiger partial charge in [0.05, 0.1) is 12.2 Å². The summed E-state index contributed by atoms with van der Waals surface area (Å²) in [7, 11) is 0. The second-order valence-electron chi connectivity index (χ2n) is 5.14. The Bertz CT molecular complexity index is 557. The second-order valence-corrected chi connectivity index (χ2v) is 5.14. The summed E-state index contributed by atoms with van der Waals surface area (Å²) in [4.78, 5) is 25.8. The van der Waals surface area contributed by atoms with Crippen LogP contribution in [0.15, 0.2) is 36.4 Å². The maximum atomic E-state index is 12.2. The van der Waals surface area contributed by atoms with Crippen LogP contribution in [0, 0.1) is 0 Å². The molecule has 0 aliphatic heterocycles. The first kappa shape index (κ1) is 18.7. The van der Waals surface area contributed by atoms with Crippen molar-refractivity contribution in [1.29, 1.82) is 0 Å². The molecule has 6 heteroatoms. The van der Waals surface area contributed by atoms with Crippen LogP contribution in [0.3, 0.4) is 0 Å². The van der Waals surface area contributed by atoms with Crippen molar-refractivity contribution in [2.75, 3.05) is 38.2 Å². The van der Waals surface area contributed by atoms with Gasteiger partial charge in [0.25, 0.3) is 5.91 Å². The zero-order chi connectivity index (χ0) is 17.2. The molecule has 126 valence electrons. The van der Waals surface area contributed by atoms with Crippen LogP contribution in [0.4, 0.5) is 5.69 Å². The van der Waals surface area contributed by atoms with E-state index in [4.69, 9.17) is 9.84 Å². The van der Waals surface area contributed by atoms with Gasteiger partial charge in [0, 0.05) is 25.3 Å². The normalized spacial score (nSPS) is 10.0. The third kappa shape index (κ3) is 6.12. The summed E-state index contributed by atoms with van der Waals surface area (Å²) in [6, 6.07) is 6.81. The lowest BCUT2D eigenvalue weighted by atomic mass is 10.2. The fourth-order valence-electron chi connectivity index (χ4n) is 2.00. The molecule has 0 saturated carbocycles. The van der Waals surface area contributed by atoms with Crippen molar-refractivity contribution >= 4 is 17.6 Å². The minimum absolute atomic E-state index is 0.0474. The SMILES string of the molecule is C=C(C)CN(CC)C(=O)COC(=O)c1ccccc1NCCO. The van der Waals surface area contributed by atoms with Crippen LogP contribution in [-0.4, -0.2) is 54.7 Å². The number of benzene rings is 1. The number of nitrogens with one attached hydrogen (secondary N) is 1. The molecule has 0 bridgehead atoms. The fourth-order valence-corrected chi connectivity index (χ4v) is 2.00. The predicted octanol–water partition coefficient (Wildman–Crippen LogP) is 1.67. The zero-order valence-corrected chi connectivity index (χ0v) is 13.7. The molecule has 2 N–H and O–H groups in total. The lowest BCUT2D eigenvalue weighted by Gasteiger charge is -2.20. The number of anilines is 1. The van der Waals surface area contributed by atoms with Crippen LogP contribution >= 0.6 is 0 Å². The van der Waals surface area contributed by atoms with Gasteiger partial charge < -0.3 is 20.1 Å². The molecule has 0 fully saturated rings. The maximum Gasteiger partial charge on any atom is 0.340 e. The molecular weight excluding hydrogens is 296 g/mol. The first-order chi connectivity index (χ1) is 11.0. The predicted molar refractivity (Wildman–Crippen MR) is 89.4 cm³/mol. The Balaban J connectivity index is 2.66. The number of carbonyl (C=O) groups excluding carboxylic acids is 2. The molecule has 0 aliphatic rings. The van der Waals surface area contributed by atoms with Crippen molar-refractivity contribution in [1.82, 2.24) is 4.90 Å². The van der Waals surface area contributed by atoms with Gasteiger partial charge in [-0.15, -0.1) is 0 Å². The average molecular weight is 320 g/mol. The van der Waals surface area contributed by atoms with E-state index < -0.39 is 5.97 Å². The molecule has 1 aromatic carbocycles. The van der Waals surface area contributed by atoms with E-state index in [9.17, 15) is 9.59 Å². The van der Waals surface area contributed by atoms with E-state index in [1.165, 1.54) is 0 Å². The first-order valence-corrected chi connectivity index (χ1v) is 7.52. The van der Waals surface area contributed by atoms with Crippen LogP contribution in [0.1, 0.15) is 24.2 Å². The van der Waals surface area contributed by atoms with E-state index >= 15 is 0 Å². The molecule has 0 atom stereocenters. The molecule has 1 rings (SSSR count). The zero-order valence-electron chi connectivity index (χ0n) is 13.7. The summed E-state index contributed by atoms with van der Waals surface area (Å²) in [5.41, 5.74) is 1.76. The second kappa shape index (κ2) is 9.63. The van der Waals surface area contributed by atoms with Gasteiger partial charge in [-0.2, -0.15) is 0 Å². The van der Waals surface area contributed by atoms with Crippen LogP contribution in [-0.2, 0) is 9.53 Å². The van der Waals surface area contributed by atoms with E-state index in [2.05, 4.69) is 11.9 Å². The Morgan fingerprint density at radius 2 is 2.04 bits per heavy atom. The van der Waals surface area contributed by atoms with Crippen molar-refractivity contribution in [3.05, 3.63) is 42.0 Å². The quantitative estimate of drug-likeness (QED) is 0.534. The number of esters is 1. The highest BCUT2D eigenvalue weighted by molar-refractivity contribution is 5.96. The molecule has 1 amide bonds. The Kier molecular flexibility index (Phi) is 7.83. The van der Waals surface area contributed by atoms with Crippen LogP contribution in [0.25, 0.3) is 0 Å². The van der Waals surface area contributed by atoms with Gasteiger partial charge in [0.15, 0.2) is 6.61 Å². The molecule has 0 heterocycles. The Morgan fingerprint density at radius 3 is 2.65 bits per heavy atom. The van der Waals surface area contributed by atoms with Crippen molar-refractivity contribution in [3.8, 4) is 0 Å². The number of hydrogen-bond acceptors (Lipinski definition) is 5. The Labute approximate surface area is 136 Å². The van der Waals surface area contributed by atoms with Gasteiger partial charge >= 0.3 is 5.97 Å². The molecule has 0 radical (unpaired) electrons. The minimum Gasteiger partial charge on any atom is -0.452 e. The van der Waals surface area contributed by atoms with Crippen LogP contribution in [0.5, 0.6) is 0 Å². The largest absolute Gasteiger partial charge is 0.452 e. The smallest absolute Gasteiger partial charge is 0.340 e. The van der Waals surface area contributed by atoms with Crippen molar-refractivity contribution in [2.24, 2.45) is 0 Å². The first-order valence-electron chi connectivity index (χ1n) is 7.52. The van der Waals surface area contributed by atoms with Crippen molar-refractivity contribution < 1.29 is 19.4 Å². The third-order valence-electron chi connectivity index (χ3n) is 3.10. The topological polar surface area (TPSA) is 78.9 Å². The highest BCUT2D eigenvalue weighted by Gasteiger charge is 2.17. The molecular formula is C17H24N2O4. The molecule has 1 aromatic rings. The fraction of sp³-hybridized carbons (Fsp3) is 0.412. The molecule has 0 unspecified atom stereocenters. The van der Waals surface area contributed by atoms with E-state index in [0.717, 1.165) is 5.57 Å². The standard InChI is InChI=1S/C17H24N2O4/c1-4-19(11-13(2)3)16(21)12-23-17(22)14-7-5-6-8-15(14)18-9-10-20/h5-8,18,20H,2,4,9-12H2,1,3H3. The van der Waals surface area contributed by atoms with Crippen molar-refractivity contribution in [3.63, 3.8) is 0 Å². The number of para-hydroxylation sites is 1. The maximum absolute atomic E-state index is 12.2.